The van der Waals surface area contributed by atoms with Gasteiger partial charge in [0.25, 0.3) is 0 Å². The Labute approximate surface area is 157 Å². The van der Waals surface area contributed by atoms with E-state index in [1.807, 2.05) is 7.05 Å². The van der Waals surface area contributed by atoms with Crippen LogP contribution in [0.4, 0.5) is 0 Å². The van der Waals surface area contributed by atoms with Gasteiger partial charge in [-0.1, -0.05) is 24.6 Å². The summed E-state index contributed by atoms with van der Waals surface area (Å²) in [6, 6.07) is 8.46. The number of piperidine rings is 1. The van der Waals surface area contributed by atoms with Gasteiger partial charge in [0.1, 0.15) is 0 Å². The Morgan fingerprint density at radius 2 is 1.92 bits per heavy atom. The molecule has 0 radical (unpaired) electrons. The van der Waals surface area contributed by atoms with Gasteiger partial charge >= 0.3 is 0 Å². The van der Waals surface area contributed by atoms with Crippen molar-refractivity contribution in [1.29, 1.82) is 0 Å². The molecule has 5 heteroatoms. The Morgan fingerprint density at radius 1 is 1.15 bits per heavy atom. The molecule has 1 aromatic heterocycles. The maximum atomic E-state index is 4.39. The van der Waals surface area contributed by atoms with Crippen LogP contribution in [0.5, 0.6) is 0 Å². The smallest absolute Gasteiger partial charge is 0.191 e. The predicted molar refractivity (Wildman–Crippen MR) is 111 cm³/mol. The predicted octanol–water partition coefficient (Wildman–Crippen LogP) is 3.14. The first-order valence-electron chi connectivity index (χ1n) is 9.85. The maximum Gasteiger partial charge on any atom is 0.191 e. The average molecular weight is 356 g/mol. The SMILES string of the molecule is CN=C(NCCc1c[nH]c2ccccc12)NCC(C)(C)N1CCCCC1. The quantitative estimate of drug-likeness (QED) is 0.551. The van der Waals surface area contributed by atoms with Gasteiger partial charge in [0.05, 0.1) is 0 Å². The van der Waals surface area contributed by atoms with Crippen LogP contribution < -0.4 is 10.6 Å². The number of para-hydroxylation sites is 1. The van der Waals surface area contributed by atoms with Gasteiger partial charge in [-0.15, -0.1) is 0 Å². The molecule has 1 fully saturated rings. The normalized spacial score (nSPS) is 16.8. The number of hydrogen-bond donors (Lipinski definition) is 3. The topological polar surface area (TPSA) is 55.5 Å². The summed E-state index contributed by atoms with van der Waals surface area (Å²) in [5, 5.41) is 8.28. The summed E-state index contributed by atoms with van der Waals surface area (Å²) >= 11 is 0. The molecule has 3 rings (SSSR count). The number of nitrogens with one attached hydrogen (secondary N) is 3. The maximum absolute atomic E-state index is 4.39. The van der Waals surface area contributed by atoms with Crippen LogP contribution in [-0.4, -0.2) is 54.6 Å². The minimum absolute atomic E-state index is 0.148. The second-order valence-corrected chi connectivity index (χ2v) is 7.82. The van der Waals surface area contributed by atoms with E-state index in [-0.39, 0.29) is 5.54 Å². The standard InChI is InChI=1S/C21H33N5/c1-21(2,26-13-7-4-8-14-26)16-25-20(22-3)23-12-11-17-15-24-19-10-6-5-9-18(17)19/h5-6,9-10,15,24H,4,7-8,11-14,16H2,1-3H3,(H2,22,23,25). The second-order valence-electron chi connectivity index (χ2n) is 7.82. The fourth-order valence-corrected chi connectivity index (χ4v) is 3.79. The Hall–Kier alpha value is -2.01. The van der Waals surface area contributed by atoms with Crippen molar-refractivity contribution in [2.24, 2.45) is 4.99 Å². The van der Waals surface area contributed by atoms with Gasteiger partial charge in [-0.2, -0.15) is 0 Å². The zero-order valence-electron chi connectivity index (χ0n) is 16.4. The highest BCUT2D eigenvalue weighted by atomic mass is 15.2. The largest absolute Gasteiger partial charge is 0.361 e. The van der Waals surface area contributed by atoms with E-state index in [0.29, 0.717) is 0 Å². The first kappa shape index (κ1) is 18.8. The summed E-state index contributed by atoms with van der Waals surface area (Å²) in [6.07, 6.45) is 7.10. The minimum Gasteiger partial charge on any atom is -0.361 e. The lowest BCUT2D eigenvalue weighted by molar-refractivity contribution is 0.0982. The summed E-state index contributed by atoms with van der Waals surface area (Å²) in [4.78, 5) is 10.3. The van der Waals surface area contributed by atoms with Crippen LogP contribution in [0.1, 0.15) is 38.7 Å². The van der Waals surface area contributed by atoms with Crippen LogP contribution in [0.25, 0.3) is 10.9 Å². The molecule has 3 N–H and O–H groups in total. The molecule has 0 unspecified atom stereocenters. The van der Waals surface area contributed by atoms with Gasteiger partial charge in [0, 0.05) is 42.8 Å². The Bertz CT molecular complexity index is 725. The molecule has 0 atom stereocenters. The molecule has 1 saturated heterocycles. The number of fused-ring (bicyclic) bond motifs is 1. The Balaban J connectivity index is 1.47. The number of hydrogen-bond acceptors (Lipinski definition) is 2. The number of benzene rings is 1. The molecule has 5 nitrogen and oxygen atoms in total. The molecule has 1 aliphatic heterocycles. The summed E-state index contributed by atoms with van der Waals surface area (Å²) in [5.74, 6) is 0.884. The van der Waals surface area contributed by atoms with Crippen molar-refractivity contribution in [3.63, 3.8) is 0 Å². The molecule has 0 bridgehead atoms. The molecule has 2 heterocycles. The lowest BCUT2D eigenvalue weighted by atomic mass is 9.98. The van der Waals surface area contributed by atoms with E-state index in [1.54, 1.807) is 0 Å². The molecular formula is C21H33N5. The van der Waals surface area contributed by atoms with Crippen molar-refractivity contribution < 1.29 is 0 Å². The highest BCUT2D eigenvalue weighted by Gasteiger charge is 2.27. The van der Waals surface area contributed by atoms with Crippen LogP contribution in [0.15, 0.2) is 35.5 Å². The zero-order valence-corrected chi connectivity index (χ0v) is 16.4. The summed E-state index contributed by atoms with van der Waals surface area (Å²) in [5.41, 5.74) is 2.69. The van der Waals surface area contributed by atoms with Crippen LogP contribution in [-0.2, 0) is 6.42 Å². The number of aromatic amines is 1. The van der Waals surface area contributed by atoms with Gasteiger partial charge < -0.3 is 15.6 Å². The van der Waals surface area contributed by atoms with E-state index in [2.05, 4.69) is 69.8 Å². The van der Waals surface area contributed by atoms with Gasteiger partial charge in [-0.3, -0.25) is 9.89 Å². The number of aromatic nitrogens is 1. The van der Waals surface area contributed by atoms with E-state index in [4.69, 9.17) is 0 Å². The van der Waals surface area contributed by atoms with Crippen LogP contribution >= 0.6 is 0 Å². The fraction of sp³-hybridized carbons (Fsp3) is 0.571. The first-order valence-corrected chi connectivity index (χ1v) is 9.85. The molecule has 0 aliphatic carbocycles. The van der Waals surface area contributed by atoms with Crippen molar-refractivity contribution in [1.82, 2.24) is 20.5 Å². The zero-order chi connectivity index (χ0) is 18.4. The molecule has 1 aromatic carbocycles. The number of likely N-dealkylation sites (tertiary alicyclic amines) is 1. The fourth-order valence-electron chi connectivity index (χ4n) is 3.79. The molecule has 0 spiro atoms. The van der Waals surface area contributed by atoms with Crippen molar-refractivity contribution in [3.8, 4) is 0 Å². The highest BCUT2D eigenvalue weighted by molar-refractivity contribution is 5.83. The number of guanidine groups is 1. The molecular weight excluding hydrogens is 322 g/mol. The number of nitrogens with zero attached hydrogens (tertiary/aromatic N) is 2. The monoisotopic (exact) mass is 355 g/mol. The third-order valence-corrected chi connectivity index (χ3v) is 5.49. The van der Waals surface area contributed by atoms with E-state index < -0.39 is 0 Å². The second kappa shape index (κ2) is 8.58. The summed E-state index contributed by atoms with van der Waals surface area (Å²) in [7, 11) is 1.84. The number of rotatable bonds is 6. The Morgan fingerprint density at radius 3 is 2.69 bits per heavy atom. The van der Waals surface area contributed by atoms with Crippen LogP contribution in [0.2, 0.25) is 0 Å². The molecule has 26 heavy (non-hydrogen) atoms. The van der Waals surface area contributed by atoms with E-state index in [9.17, 15) is 0 Å². The Kier molecular flexibility index (Phi) is 6.20. The molecule has 0 amide bonds. The van der Waals surface area contributed by atoms with E-state index in [0.717, 1.165) is 25.5 Å². The van der Waals surface area contributed by atoms with E-state index >= 15 is 0 Å². The molecule has 0 saturated carbocycles. The average Bonchev–Trinajstić information content (AvgIpc) is 3.08. The summed E-state index contributed by atoms with van der Waals surface area (Å²) in [6.45, 7) is 8.84. The van der Waals surface area contributed by atoms with Crippen molar-refractivity contribution in [2.45, 2.75) is 45.1 Å². The van der Waals surface area contributed by atoms with Gasteiger partial charge in [-0.25, -0.2) is 0 Å². The third-order valence-electron chi connectivity index (χ3n) is 5.49. The highest BCUT2D eigenvalue weighted by Crippen LogP contribution is 2.20. The third kappa shape index (κ3) is 4.58. The summed E-state index contributed by atoms with van der Waals surface area (Å²) < 4.78 is 0. The molecule has 142 valence electrons. The minimum atomic E-state index is 0.148. The first-order chi connectivity index (χ1) is 12.6. The van der Waals surface area contributed by atoms with Crippen molar-refractivity contribution >= 4 is 16.9 Å². The van der Waals surface area contributed by atoms with Gasteiger partial charge in [-0.05, 0) is 57.8 Å². The van der Waals surface area contributed by atoms with Crippen LogP contribution in [0.3, 0.4) is 0 Å². The van der Waals surface area contributed by atoms with Crippen LogP contribution in [0, 0.1) is 0 Å². The van der Waals surface area contributed by atoms with Gasteiger partial charge in [0.2, 0.25) is 0 Å². The van der Waals surface area contributed by atoms with Gasteiger partial charge in [0.15, 0.2) is 5.96 Å². The van der Waals surface area contributed by atoms with E-state index in [1.165, 1.54) is 48.8 Å². The lowest BCUT2D eigenvalue weighted by Crippen LogP contribution is -2.55. The van der Waals surface area contributed by atoms with Crippen molar-refractivity contribution in [2.75, 3.05) is 33.2 Å². The molecule has 1 aliphatic rings. The number of H-pyrrole nitrogens is 1. The number of aliphatic imine (C=N–C) groups is 1. The van der Waals surface area contributed by atoms with Crippen molar-refractivity contribution in [3.05, 3.63) is 36.0 Å². The molecule has 2 aromatic rings. The lowest BCUT2D eigenvalue weighted by Gasteiger charge is -2.41.